The molecule has 5 nitrogen and oxygen atoms in total. The van der Waals surface area contributed by atoms with E-state index >= 15 is 0 Å². The van der Waals surface area contributed by atoms with Gasteiger partial charge in [-0.1, -0.05) is 12.1 Å². The fraction of sp³-hybridized carbons (Fsp3) is 0.571. The molecule has 112 valence electrons. The summed E-state index contributed by atoms with van der Waals surface area (Å²) in [7, 11) is -3.34. The summed E-state index contributed by atoms with van der Waals surface area (Å²) >= 11 is 0. The molecule has 1 aliphatic heterocycles. The lowest BCUT2D eigenvalue weighted by atomic mass is 10.1. The van der Waals surface area contributed by atoms with Crippen LogP contribution in [0.25, 0.3) is 0 Å². The summed E-state index contributed by atoms with van der Waals surface area (Å²) in [4.78, 5) is 0. The first-order chi connectivity index (χ1) is 9.62. The Bertz CT molecular complexity index is 525. The SMILES string of the molecule is O=S(=O)(Nc1cccc(CCCO)c1)C1CCCNC1. The molecule has 1 heterocycles. The van der Waals surface area contributed by atoms with Gasteiger partial charge in [-0.25, -0.2) is 8.42 Å². The molecule has 1 aliphatic rings. The van der Waals surface area contributed by atoms with E-state index in [2.05, 4.69) is 10.0 Å². The number of anilines is 1. The molecule has 0 spiro atoms. The van der Waals surface area contributed by atoms with Gasteiger partial charge in [-0.3, -0.25) is 4.72 Å². The van der Waals surface area contributed by atoms with Crippen LogP contribution in [0.4, 0.5) is 5.69 Å². The smallest absolute Gasteiger partial charge is 0.236 e. The van der Waals surface area contributed by atoms with Gasteiger partial charge in [0.25, 0.3) is 0 Å². The highest BCUT2D eigenvalue weighted by molar-refractivity contribution is 7.93. The average Bonchev–Trinajstić information content (AvgIpc) is 2.46. The summed E-state index contributed by atoms with van der Waals surface area (Å²) in [6.07, 6.45) is 3.02. The Hall–Kier alpha value is -1.11. The van der Waals surface area contributed by atoms with Crippen LogP contribution in [0.2, 0.25) is 0 Å². The highest BCUT2D eigenvalue weighted by Gasteiger charge is 2.27. The highest BCUT2D eigenvalue weighted by Crippen LogP contribution is 2.18. The van der Waals surface area contributed by atoms with E-state index in [4.69, 9.17) is 5.11 Å². The molecule has 20 heavy (non-hydrogen) atoms. The van der Waals surface area contributed by atoms with Crippen molar-refractivity contribution in [2.45, 2.75) is 30.9 Å². The van der Waals surface area contributed by atoms with Gasteiger partial charge in [-0.15, -0.1) is 0 Å². The number of rotatable bonds is 6. The molecule has 1 aromatic rings. The number of piperidine rings is 1. The Kier molecular flexibility index (Phi) is 5.39. The highest BCUT2D eigenvalue weighted by atomic mass is 32.2. The third-order valence-corrected chi connectivity index (χ3v) is 5.30. The number of aryl methyl sites for hydroxylation is 1. The quantitative estimate of drug-likeness (QED) is 0.735. The number of sulfonamides is 1. The Morgan fingerprint density at radius 3 is 2.95 bits per heavy atom. The van der Waals surface area contributed by atoms with Crippen molar-refractivity contribution in [3.8, 4) is 0 Å². The average molecular weight is 298 g/mol. The molecule has 6 heteroatoms. The van der Waals surface area contributed by atoms with Gasteiger partial charge in [0, 0.05) is 18.8 Å². The second-order valence-electron chi connectivity index (χ2n) is 5.14. The van der Waals surface area contributed by atoms with Gasteiger partial charge in [0.05, 0.1) is 5.25 Å². The molecule has 1 saturated heterocycles. The van der Waals surface area contributed by atoms with Crippen molar-refractivity contribution in [2.24, 2.45) is 0 Å². The summed E-state index contributed by atoms with van der Waals surface area (Å²) in [5.74, 6) is 0. The van der Waals surface area contributed by atoms with Crippen molar-refractivity contribution in [3.05, 3.63) is 29.8 Å². The van der Waals surface area contributed by atoms with Gasteiger partial charge in [-0.2, -0.15) is 0 Å². The van der Waals surface area contributed by atoms with Crippen LogP contribution in [0.5, 0.6) is 0 Å². The summed E-state index contributed by atoms with van der Waals surface area (Å²) in [6, 6.07) is 7.37. The Morgan fingerprint density at radius 2 is 2.25 bits per heavy atom. The van der Waals surface area contributed by atoms with Crippen molar-refractivity contribution in [1.29, 1.82) is 0 Å². The molecule has 1 atom stereocenters. The number of benzene rings is 1. The van der Waals surface area contributed by atoms with Crippen LogP contribution in [-0.4, -0.2) is 38.5 Å². The molecule has 1 unspecified atom stereocenters. The minimum absolute atomic E-state index is 0.143. The summed E-state index contributed by atoms with van der Waals surface area (Å²) in [6.45, 7) is 1.55. The van der Waals surface area contributed by atoms with Crippen molar-refractivity contribution in [1.82, 2.24) is 5.32 Å². The number of hydrogen-bond acceptors (Lipinski definition) is 4. The predicted octanol–water partition coefficient (Wildman–Crippen LogP) is 1.11. The molecule has 0 amide bonds. The Labute approximate surface area is 120 Å². The molecule has 2 rings (SSSR count). The van der Waals surface area contributed by atoms with E-state index in [1.807, 2.05) is 18.2 Å². The minimum atomic E-state index is -3.34. The normalized spacial score (nSPS) is 19.8. The number of aliphatic hydroxyl groups excluding tert-OH is 1. The molecular weight excluding hydrogens is 276 g/mol. The van der Waals surface area contributed by atoms with E-state index in [0.29, 0.717) is 25.1 Å². The monoisotopic (exact) mass is 298 g/mol. The van der Waals surface area contributed by atoms with Gasteiger partial charge in [0.1, 0.15) is 0 Å². The second kappa shape index (κ2) is 7.06. The van der Waals surface area contributed by atoms with Gasteiger partial charge in [-0.05, 0) is 49.9 Å². The van der Waals surface area contributed by atoms with Crippen molar-refractivity contribution in [3.63, 3.8) is 0 Å². The van der Waals surface area contributed by atoms with E-state index < -0.39 is 10.0 Å². The van der Waals surface area contributed by atoms with E-state index in [1.54, 1.807) is 6.07 Å². The first-order valence-electron chi connectivity index (χ1n) is 7.04. The summed E-state index contributed by atoms with van der Waals surface area (Å²) in [5, 5.41) is 11.6. The first-order valence-corrected chi connectivity index (χ1v) is 8.58. The molecule has 0 saturated carbocycles. The largest absolute Gasteiger partial charge is 0.396 e. The molecule has 0 bridgehead atoms. The van der Waals surface area contributed by atoms with E-state index in [-0.39, 0.29) is 11.9 Å². The van der Waals surface area contributed by atoms with Crippen LogP contribution in [0.3, 0.4) is 0 Å². The fourth-order valence-corrected chi connectivity index (χ4v) is 3.84. The molecule has 3 N–H and O–H groups in total. The van der Waals surface area contributed by atoms with Crippen LogP contribution in [0.15, 0.2) is 24.3 Å². The van der Waals surface area contributed by atoms with Gasteiger partial charge in [0.2, 0.25) is 10.0 Å². The van der Waals surface area contributed by atoms with Gasteiger partial charge < -0.3 is 10.4 Å². The van der Waals surface area contributed by atoms with Crippen LogP contribution in [-0.2, 0) is 16.4 Å². The van der Waals surface area contributed by atoms with Crippen LogP contribution >= 0.6 is 0 Å². The van der Waals surface area contributed by atoms with Crippen molar-refractivity contribution in [2.75, 3.05) is 24.4 Å². The van der Waals surface area contributed by atoms with Crippen molar-refractivity contribution >= 4 is 15.7 Å². The molecule has 0 radical (unpaired) electrons. The third-order valence-electron chi connectivity index (χ3n) is 3.50. The predicted molar refractivity (Wildman–Crippen MR) is 80.3 cm³/mol. The fourth-order valence-electron chi connectivity index (χ4n) is 2.41. The Morgan fingerprint density at radius 1 is 1.40 bits per heavy atom. The molecule has 0 aliphatic carbocycles. The van der Waals surface area contributed by atoms with Crippen LogP contribution in [0, 0.1) is 0 Å². The van der Waals surface area contributed by atoms with Crippen LogP contribution < -0.4 is 10.0 Å². The van der Waals surface area contributed by atoms with E-state index in [0.717, 1.165) is 24.9 Å². The number of aliphatic hydroxyl groups is 1. The molecular formula is C14H22N2O3S. The standard InChI is InChI=1S/C14H22N2O3S/c17-9-3-5-12-4-1-6-13(10-12)16-20(18,19)14-7-2-8-15-11-14/h1,4,6,10,14-17H,2-3,5,7-9,11H2. The molecule has 1 fully saturated rings. The molecule has 0 aromatic heterocycles. The maximum absolute atomic E-state index is 12.3. The third kappa shape index (κ3) is 4.19. The molecule has 1 aromatic carbocycles. The zero-order valence-electron chi connectivity index (χ0n) is 11.5. The lowest BCUT2D eigenvalue weighted by Crippen LogP contribution is -2.41. The minimum Gasteiger partial charge on any atom is -0.396 e. The number of nitrogens with one attached hydrogen (secondary N) is 2. The zero-order valence-corrected chi connectivity index (χ0v) is 12.3. The lowest BCUT2D eigenvalue weighted by Gasteiger charge is -2.23. The lowest BCUT2D eigenvalue weighted by molar-refractivity contribution is 0.288. The maximum atomic E-state index is 12.3. The Balaban J connectivity index is 2.04. The number of hydrogen-bond donors (Lipinski definition) is 3. The van der Waals surface area contributed by atoms with Crippen molar-refractivity contribution < 1.29 is 13.5 Å². The second-order valence-corrected chi connectivity index (χ2v) is 7.10. The summed E-state index contributed by atoms with van der Waals surface area (Å²) in [5.41, 5.74) is 1.63. The topological polar surface area (TPSA) is 78.4 Å². The zero-order chi connectivity index (χ0) is 14.4. The van der Waals surface area contributed by atoms with Gasteiger partial charge in [0.15, 0.2) is 0 Å². The summed E-state index contributed by atoms with van der Waals surface area (Å²) < 4.78 is 27.3. The van der Waals surface area contributed by atoms with Gasteiger partial charge >= 0.3 is 0 Å². The van der Waals surface area contributed by atoms with E-state index in [9.17, 15) is 8.42 Å². The maximum Gasteiger partial charge on any atom is 0.236 e. The first kappa shape index (κ1) is 15.3. The van der Waals surface area contributed by atoms with Crippen LogP contribution in [0.1, 0.15) is 24.8 Å². The van der Waals surface area contributed by atoms with E-state index in [1.165, 1.54) is 0 Å².